The van der Waals surface area contributed by atoms with Gasteiger partial charge in [0.2, 0.25) is 0 Å². The molecule has 3 nitrogen and oxygen atoms in total. The topological polar surface area (TPSA) is 47.3 Å². The van der Waals surface area contributed by atoms with Gasteiger partial charge in [-0.05, 0) is 18.1 Å². The second-order valence-electron chi connectivity index (χ2n) is 3.71. The van der Waals surface area contributed by atoms with Crippen LogP contribution in [0.3, 0.4) is 0 Å². The van der Waals surface area contributed by atoms with Gasteiger partial charge in [-0.15, -0.1) is 0 Å². The quantitative estimate of drug-likeness (QED) is 0.619. The number of hydrogen-bond acceptors (Lipinski definition) is 3. The van der Waals surface area contributed by atoms with E-state index in [0.717, 1.165) is 11.1 Å². The van der Waals surface area contributed by atoms with Gasteiger partial charge < -0.3 is 4.74 Å². The molecule has 0 heterocycles. The van der Waals surface area contributed by atoms with Crippen LogP contribution in [0.2, 0.25) is 0 Å². The maximum atomic E-state index is 11.9. The summed E-state index contributed by atoms with van der Waals surface area (Å²) < 4.78 is 40.3. The SMILES string of the molecule is Cc1ccccc1C(COCC(F)(F)F)NN. The molecule has 0 radical (unpaired) electrons. The normalized spacial score (nSPS) is 13.7. The fourth-order valence-corrected chi connectivity index (χ4v) is 1.50. The Morgan fingerprint density at radius 3 is 2.53 bits per heavy atom. The second kappa shape index (κ2) is 6.00. The van der Waals surface area contributed by atoms with Crippen LogP contribution in [0.15, 0.2) is 24.3 Å². The average Bonchev–Trinajstić information content (AvgIpc) is 2.24. The molecule has 0 bridgehead atoms. The molecule has 1 aromatic rings. The summed E-state index contributed by atoms with van der Waals surface area (Å²) in [6.45, 7) is 0.474. The summed E-state index contributed by atoms with van der Waals surface area (Å²) in [4.78, 5) is 0. The highest BCUT2D eigenvalue weighted by Crippen LogP contribution is 2.19. The van der Waals surface area contributed by atoms with E-state index >= 15 is 0 Å². The molecule has 0 saturated carbocycles. The molecule has 3 N–H and O–H groups in total. The minimum absolute atomic E-state index is 0.124. The second-order valence-corrected chi connectivity index (χ2v) is 3.71. The Balaban J connectivity index is 2.58. The first kappa shape index (κ1) is 14.0. The van der Waals surface area contributed by atoms with Crippen LogP contribution < -0.4 is 11.3 Å². The number of rotatable bonds is 5. The summed E-state index contributed by atoms with van der Waals surface area (Å²) in [5.74, 6) is 5.31. The van der Waals surface area contributed by atoms with E-state index in [4.69, 9.17) is 5.84 Å². The number of aryl methyl sites for hydroxylation is 1. The molecular weight excluding hydrogens is 233 g/mol. The minimum Gasteiger partial charge on any atom is -0.370 e. The van der Waals surface area contributed by atoms with Gasteiger partial charge in [0.15, 0.2) is 0 Å². The molecule has 0 spiro atoms. The fourth-order valence-electron chi connectivity index (χ4n) is 1.50. The van der Waals surface area contributed by atoms with Crippen LogP contribution in [-0.4, -0.2) is 19.4 Å². The van der Waals surface area contributed by atoms with E-state index < -0.39 is 18.8 Å². The first-order valence-electron chi connectivity index (χ1n) is 5.10. The maximum absolute atomic E-state index is 11.9. The highest BCUT2D eigenvalue weighted by atomic mass is 19.4. The van der Waals surface area contributed by atoms with Crippen LogP contribution >= 0.6 is 0 Å². The smallest absolute Gasteiger partial charge is 0.370 e. The molecule has 0 fully saturated rings. The third-order valence-corrected chi connectivity index (χ3v) is 2.32. The molecule has 1 atom stereocenters. The highest BCUT2D eigenvalue weighted by molar-refractivity contribution is 5.28. The van der Waals surface area contributed by atoms with Crippen LogP contribution in [0.5, 0.6) is 0 Å². The van der Waals surface area contributed by atoms with Gasteiger partial charge in [0.05, 0.1) is 12.6 Å². The van der Waals surface area contributed by atoms with Gasteiger partial charge in [0.25, 0.3) is 0 Å². The summed E-state index contributed by atoms with van der Waals surface area (Å²) in [6, 6.07) is 6.87. The predicted octanol–water partition coefficient (Wildman–Crippen LogP) is 2.08. The number of hydrazine groups is 1. The number of halogens is 3. The molecule has 0 amide bonds. The van der Waals surface area contributed by atoms with E-state index in [1.54, 1.807) is 12.1 Å². The van der Waals surface area contributed by atoms with Crippen LogP contribution in [0.25, 0.3) is 0 Å². The number of ether oxygens (including phenoxy) is 1. The highest BCUT2D eigenvalue weighted by Gasteiger charge is 2.28. The molecule has 0 aliphatic heterocycles. The lowest BCUT2D eigenvalue weighted by Gasteiger charge is -2.19. The zero-order valence-corrected chi connectivity index (χ0v) is 9.42. The van der Waals surface area contributed by atoms with Crippen molar-refractivity contribution in [2.75, 3.05) is 13.2 Å². The lowest BCUT2D eigenvalue weighted by molar-refractivity contribution is -0.175. The zero-order valence-electron chi connectivity index (χ0n) is 9.42. The maximum Gasteiger partial charge on any atom is 0.411 e. The number of hydrogen-bond donors (Lipinski definition) is 2. The summed E-state index contributed by atoms with van der Waals surface area (Å²) >= 11 is 0. The zero-order chi connectivity index (χ0) is 12.9. The number of nitrogens with two attached hydrogens (primary N) is 1. The van der Waals surface area contributed by atoms with Crippen LogP contribution in [0.1, 0.15) is 17.2 Å². The Morgan fingerprint density at radius 1 is 1.35 bits per heavy atom. The van der Waals surface area contributed by atoms with Gasteiger partial charge >= 0.3 is 6.18 Å². The van der Waals surface area contributed by atoms with E-state index in [2.05, 4.69) is 10.2 Å². The third-order valence-electron chi connectivity index (χ3n) is 2.32. The van der Waals surface area contributed by atoms with E-state index in [-0.39, 0.29) is 6.61 Å². The Morgan fingerprint density at radius 2 is 2.00 bits per heavy atom. The summed E-state index contributed by atoms with van der Waals surface area (Å²) in [7, 11) is 0. The molecule has 1 unspecified atom stereocenters. The predicted molar refractivity (Wildman–Crippen MR) is 58.1 cm³/mol. The minimum atomic E-state index is -4.31. The van der Waals surface area contributed by atoms with Crippen LogP contribution in [0, 0.1) is 6.92 Å². The number of nitrogens with one attached hydrogen (secondary N) is 1. The molecule has 1 rings (SSSR count). The Kier molecular flexibility index (Phi) is 4.92. The molecule has 0 aliphatic rings. The largest absolute Gasteiger partial charge is 0.411 e. The van der Waals surface area contributed by atoms with Crippen molar-refractivity contribution in [3.05, 3.63) is 35.4 Å². The molecule has 6 heteroatoms. The van der Waals surface area contributed by atoms with E-state index in [0.29, 0.717) is 0 Å². The standard InChI is InChI=1S/C11H15F3N2O/c1-8-4-2-3-5-9(8)10(16-15)6-17-7-11(12,13)14/h2-5,10,16H,6-7,15H2,1H3. The van der Waals surface area contributed by atoms with Gasteiger partial charge in [-0.3, -0.25) is 11.3 Å². The molecule has 0 aromatic heterocycles. The van der Waals surface area contributed by atoms with E-state index in [1.807, 2.05) is 19.1 Å². The lowest BCUT2D eigenvalue weighted by Crippen LogP contribution is -2.33. The summed E-state index contributed by atoms with van der Waals surface area (Å²) in [5.41, 5.74) is 4.23. The Hall–Kier alpha value is -1.11. The monoisotopic (exact) mass is 248 g/mol. The molecule has 0 aliphatic carbocycles. The van der Waals surface area contributed by atoms with Gasteiger partial charge in [-0.1, -0.05) is 24.3 Å². The van der Waals surface area contributed by atoms with Crippen molar-refractivity contribution in [3.63, 3.8) is 0 Å². The first-order valence-corrected chi connectivity index (χ1v) is 5.10. The van der Waals surface area contributed by atoms with E-state index in [1.165, 1.54) is 0 Å². The molecule has 96 valence electrons. The van der Waals surface area contributed by atoms with Crippen LogP contribution in [-0.2, 0) is 4.74 Å². The lowest BCUT2D eigenvalue weighted by atomic mass is 10.0. The molecular formula is C11H15F3N2O. The van der Waals surface area contributed by atoms with Crippen molar-refractivity contribution < 1.29 is 17.9 Å². The van der Waals surface area contributed by atoms with E-state index in [9.17, 15) is 13.2 Å². The van der Waals surface area contributed by atoms with Gasteiger partial charge in [-0.25, -0.2) is 0 Å². The van der Waals surface area contributed by atoms with Crippen molar-refractivity contribution in [3.8, 4) is 0 Å². The van der Waals surface area contributed by atoms with Crippen LogP contribution in [0.4, 0.5) is 13.2 Å². The number of alkyl halides is 3. The van der Waals surface area contributed by atoms with Gasteiger partial charge in [0.1, 0.15) is 6.61 Å². The average molecular weight is 248 g/mol. The molecule has 1 aromatic carbocycles. The van der Waals surface area contributed by atoms with Crippen molar-refractivity contribution in [2.45, 2.75) is 19.1 Å². The number of benzene rings is 1. The van der Waals surface area contributed by atoms with Crippen molar-refractivity contribution >= 4 is 0 Å². The van der Waals surface area contributed by atoms with Crippen molar-refractivity contribution in [1.82, 2.24) is 5.43 Å². The fraction of sp³-hybridized carbons (Fsp3) is 0.455. The van der Waals surface area contributed by atoms with Gasteiger partial charge in [0, 0.05) is 0 Å². The Labute approximate surface area is 97.7 Å². The molecule has 0 saturated heterocycles. The molecule has 17 heavy (non-hydrogen) atoms. The Bertz CT molecular complexity index is 355. The first-order chi connectivity index (χ1) is 7.94. The third kappa shape index (κ3) is 4.72. The van der Waals surface area contributed by atoms with Crippen molar-refractivity contribution in [2.24, 2.45) is 5.84 Å². The van der Waals surface area contributed by atoms with Crippen molar-refractivity contribution in [1.29, 1.82) is 0 Å². The van der Waals surface area contributed by atoms with Gasteiger partial charge in [-0.2, -0.15) is 13.2 Å². The summed E-state index contributed by atoms with van der Waals surface area (Å²) in [5, 5.41) is 0. The summed E-state index contributed by atoms with van der Waals surface area (Å²) in [6.07, 6.45) is -4.31.